The zero-order chi connectivity index (χ0) is 13.7. The van der Waals surface area contributed by atoms with Gasteiger partial charge < -0.3 is 10.6 Å². The van der Waals surface area contributed by atoms with Crippen molar-refractivity contribution in [1.29, 1.82) is 0 Å². The molecule has 2 N–H and O–H groups in total. The Hall–Kier alpha value is -2.36. The van der Waals surface area contributed by atoms with E-state index in [-0.39, 0.29) is 0 Å². The second kappa shape index (κ2) is 6.00. The van der Waals surface area contributed by atoms with Crippen molar-refractivity contribution >= 4 is 11.7 Å². The number of hydrogen-bond donors (Lipinski definition) is 1. The van der Waals surface area contributed by atoms with Crippen molar-refractivity contribution in [3.63, 3.8) is 0 Å². The molecule has 0 saturated heterocycles. The first kappa shape index (κ1) is 13.1. The van der Waals surface area contributed by atoms with E-state index in [4.69, 9.17) is 5.73 Å². The van der Waals surface area contributed by atoms with Crippen LogP contribution in [0.3, 0.4) is 0 Å². The van der Waals surface area contributed by atoms with Crippen LogP contribution in [0.4, 0.5) is 5.82 Å². The maximum Gasteiger partial charge on any atom is 0.134 e. The zero-order valence-electron chi connectivity index (χ0n) is 11.2. The highest BCUT2D eigenvalue weighted by atomic mass is 15.2. The number of benzene rings is 1. The van der Waals surface area contributed by atoms with Gasteiger partial charge in [-0.1, -0.05) is 30.3 Å². The fourth-order valence-electron chi connectivity index (χ4n) is 2.04. The summed E-state index contributed by atoms with van der Waals surface area (Å²) in [6.45, 7) is 0.780. The van der Waals surface area contributed by atoms with Crippen molar-refractivity contribution in [3.8, 4) is 0 Å². The van der Waals surface area contributed by atoms with E-state index in [9.17, 15) is 0 Å². The minimum atomic E-state index is 0.503. The van der Waals surface area contributed by atoms with Gasteiger partial charge in [0.2, 0.25) is 0 Å². The van der Waals surface area contributed by atoms with Gasteiger partial charge in [-0.25, -0.2) is 4.98 Å². The first-order valence-corrected chi connectivity index (χ1v) is 6.15. The maximum atomic E-state index is 5.91. The van der Waals surface area contributed by atoms with Crippen LogP contribution in [0.1, 0.15) is 11.1 Å². The van der Waals surface area contributed by atoms with Crippen LogP contribution in [0.25, 0.3) is 0 Å². The lowest BCUT2D eigenvalue weighted by Crippen LogP contribution is -2.28. The SMILES string of the molecule is CN=C(c1cccnc1N)N(C)Cc1ccccc1. The highest BCUT2D eigenvalue weighted by Gasteiger charge is 2.12. The van der Waals surface area contributed by atoms with Gasteiger partial charge in [-0.15, -0.1) is 0 Å². The average Bonchev–Trinajstić information content (AvgIpc) is 2.43. The third-order valence-electron chi connectivity index (χ3n) is 2.92. The van der Waals surface area contributed by atoms with Crippen LogP contribution in [-0.4, -0.2) is 29.8 Å². The second-order valence-corrected chi connectivity index (χ2v) is 4.33. The quantitative estimate of drug-likeness (QED) is 0.674. The van der Waals surface area contributed by atoms with E-state index >= 15 is 0 Å². The molecule has 1 aromatic carbocycles. The molecule has 0 radical (unpaired) electrons. The fraction of sp³-hybridized carbons (Fsp3) is 0.200. The zero-order valence-corrected chi connectivity index (χ0v) is 11.2. The molecule has 0 atom stereocenters. The highest BCUT2D eigenvalue weighted by Crippen LogP contribution is 2.13. The van der Waals surface area contributed by atoms with Crippen LogP contribution in [-0.2, 0) is 6.54 Å². The van der Waals surface area contributed by atoms with Gasteiger partial charge in [-0.3, -0.25) is 4.99 Å². The number of hydrogen-bond acceptors (Lipinski definition) is 3. The molecular weight excluding hydrogens is 236 g/mol. The lowest BCUT2D eigenvalue weighted by molar-refractivity contribution is 0.501. The summed E-state index contributed by atoms with van der Waals surface area (Å²) in [4.78, 5) is 10.5. The van der Waals surface area contributed by atoms with Crippen LogP contribution in [0, 0.1) is 0 Å². The molecule has 0 amide bonds. The molecule has 4 nitrogen and oxygen atoms in total. The summed E-state index contributed by atoms with van der Waals surface area (Å²) in [7, 11) is 3.77. The van der Waals surface area contributed by atoms with Gasteiger partial charge in [0.25, 0.3) is 0 Å². The number of amidine groups is 1. The van der Waals surface area contributed by atoms with Crippen LogP contribution in [0.15, 0.2) is 53.7 Å². The third-order valence-corrected chi connectivity index (χ3v) is 2.92. The van der Waals surface area contributed by atoms with E-state index in [0.29, 0.717) is 5.82 Å². The molecule has 1 heterocycles. The molecule has 0 unspecified atom stereocenters. The number of nitrogens with zero attached hydrogens (tertiary/aromatic N) is 3. The van der Waals surface area contributed by atoms with E-state index < -0.39 is 0 Å². The van der Waals surface area contributed by atoms with E-state index in [2.05, 4.69) is 27.0 Å². The van der Waals surface area contributed by atoms with Crippen LogP contribution in [0.5, 0.6) is 0 Å². The van der Waals surface area contributed by atoms with Crippen molar-refractivity contribution < 1.29 is 0 Å². The van der Waals surface area contributed by atoms with Crippen molar-refractivity contribution in [2.45, 2.75) is 6.54 Å². The molecule has 0 aliphatic heterocycles. The summed E-state index contributed by atoms with van der Waals surface area (Å²) in [6, 6.07) is 14.1. The Morgan fingerprint density at radius 3 is 2.58 bits per heavy atom. The molecule has 0 bridgehead atoms. The summed E-state index contributed by atoms with van der Waals surface area (Å²) in [5.74, 6) is 1.34. The monoisotopic (exact) mass is 254 g/mol. The molecule has 2 rings (SSSR count). The lowest BCUT2D eigenvalue weighted by Gasteiger charge is -2.22. The largest absolute Gasteiger partial charge is 0.383 e. The first-order valence-electron chi connectivity index (χ1n) is 6.15. The number of aliphatic imine (C=N–C) groups is 1. The maximum absolute atomic E-state index is 5.91. The fourth-order valence-corrected chi connectivity index (χ4v) is 2.04. The Bertz CT molecular complexity index is 563. The minimum absolute atomic E-state index is 0.503. The smallest absolute Gasteiger partial charge is 0.134 e. The topological polar surface area (TPSA) is 54.5 Å². The number of rotatable bonds is 3. The first-order chi connectivity index (χ1) is 9.22. The van der Waals surface area contributed by atoms with Crippen molar-refractivity contribution in [1.82, 2.24) is 9.88 Å². The Kier molecular flexibility index (Phi) is 4.13. The number of nitrogen functional groups attached to an aromatic ring is 1. The average molecular weight is 254 g/mol. The Labute approximate surface area is 113 Å². The number of pyridine rings is 1. The van der Waals surface area contributed by atoms with Gasteiger partial charge in [0.1, 0.15) is 11.7 Å². The van der Waals surface area contributed by atoms with Gasteiger partial charge >= 0.3 is 0 Å². The van der Waals surface area contributed by atoms with Gasteiger partial charge in [-0.2, -0.15) is 0 Å². The molecule has 98 valence electrons. The molecule has 0 aliphatic carbocycles. The summed E-state index contributed by atoms with van der Waals surface area (Å²) >= 11 is 0. The molecular formula is C15H18N4. The molecule has 19 heavy (non-hydrogen) atoms. The van der Waals surface area contributed by atoms with Crippen LogP contribution < -0.4 is 5.73 Å². The van der Waals surface area contributed by atoms with Gasteiger partial charge in [0.15, 0.2) is 0 Å². The van der Waals surface area contributed by atoms with Crippen molar-refractivity contribution in [3.05, 3.63) is 59.8 Å². The van der Waals surface area contributed by atoms with E-state index in [1.807, 2.05) is 37.4 Å². The summed E-state index contributed by atoms with van der Waals surface area (Å²) < 4.78 is 0. The van der Waals surface area contributed by atoms with Crippen LogP contribution >= 0.6 is 0 Å². The third kappa shape index (κ3) is 3.10. The van der Waals surface area contributed by atoms with Gasteiger partial charge in [0, 0.05) is 26.8 Å². The Morgan fingerprint density at radius 2 is 1.95 bits per heavy atom. The number of nitrogens with two attached hydrogens (primary N) is 1. The van der Waals surface area contributed by atoms with Crippen LogP contribution in [0.2, 0.25) is 0 Å². The minimum Gasteiger partial charge on any atom is -0.383 e. The predicted octanol–water partition coefficient (Wildman–Crippen LogP) is 2.17. The molecule has 0 fully saturated rings. The van der Waals surface area contributed by atoms with E-state index in [1.54, 1.807) is 13.2 Å². The summed E-state index contributed by atoms with van der Waals surface area (Å²) in [5.41, 5.74) is 8.00. The summed E-state index contributed by atoms with van der Waals surface area (Å²) in [5, 5.41) is 0. The Balaban J connectivity index is 2.22. The Morgan fingerprint density at radius 1 is 1.21 bits per heavy atom. The second-order valence-electron chi connectivity index (χ2n) is 4.33. The van der Waals surface area contributed by atoms with Gasteiger partial charge in [-0.05, 0) is 17.7 Å². The van der Waals surface area contributed by atoms with Crippen molar-refractivity contribution in [2.24, 2.45) is 4.99 Å². The molecule has 0 spiro atoms. The van der Waals surface area contributed by atoms with Gasteiger partial charge in [0.05, 0.1) is 5.56 Å². The predicted molar refractivity (Wildman–Crippen MR) is 79.0 cm³/mol. The molecule has 0 aliphatic rings. The molecule has 0 saturated carbocycles. The highest BCUT2D eigenvalue weighted by molar-refractivity contribution is 6.02. The van der Waals surface area contributed by atoms with E-state index in [1.165, 1.54) is 5.56 Å². The number of aromatic nitrogens is 1. The normalized spacial score (nSPS) is 11.4. The molecule has 2 aromatic rings. The number of anilines is 1. The van der Waals surface area contributed by atoms with Crippen molar-refractivity contribution in [2.75, 3.05) is 19.8 Å². The standard InChI is InChI=1S/C15H18N4/c1-17-15(13-9-6-10-18-14(13)16)19(2)11-12-7-4-3-5-8-12/h3-10H,11H2,1-2H3,(H2,16,18). The lowest BCUT2D eigenvalue weighted by atomic mass is 10.2. The molecule has 1 aromatic heterocycles. The summed E-state index contributed by atoms with van der Waals surface area (Å²) in [6.07, 6.45) is 1.68. The van der Waals surface area contributed by atoms with E-state index in [0.717, 1.165) is 17.9 Å². The molecule has 4 heteroatoms.